The average molecular weight is 565 g/mol. The Hall–Kier alpha value is -3.94. The van der Waals surface area contributed by atoms with Crippen LogP contribution in [0.5, 0.6) is 34.5 Å². The van der Waals surface area contributed by atoms with Crippen molar-refractivity contribution in [1.82, 2.24) is 0 Å². The Morgan fingerprint density at radius 1 is 0.650 bits per heavy atom. The molecule has 4 rings (SSSR count). The number of ether oxygens (including phenoxy) is 11. The predicted octanol–water partition coefficient (Wildman–Crippen LogP) is 2.26. The Bertz CT molecular complexity index is 1180. The van der Waals surface area contributed by atoms with Crippen LogP contribution in [0.15, 0.2) is 24.3 Å². The Labute approximate surface area is 231 Å². The van der Waals surface area contributed by atoms with Crippen LogP contribution in [0.4, 0.5) is 0 Å². The van der Waals surface area contributed by atoms with Crippen LogP contribution in [0, 0.1) is 0 Å². The van der Waals surface area contributed by atoms with Crippen molar-refractivity contribution in [2.45, 2.75) is 30.7 Å². The zero-order valence-corrected chi connectivity index (χ0v) is 23.2. The molecule has 0 saturated carbocycles. The minimum absolute atomic E-state index is 0.0932. The topological polar surface area (TPSA) is 136 Å². The summed E-state index contributed by atoms with van der Waals surface area (Å²) in [6.07, 6.45) is -4.49. The van der Waals surface area contributed by atoms with Gasteiger partial charge in [0.25, 0.3) is 0 Å². The molecule has 40 heavy (non-hydrogen) atoms. The maximum absolute atomic E-state index is 13.2. The third kappa shape index (κ3) is 5.40. The second-order valence-electron chi connectivity index (χ2n) is 8.64. The van der Waals surface area contributed by atoms with E-state index in [0.29, 0.717) is 11.5 Å². The first-order valence-corrected chi connectivity index (χ1v) is 12.2. The number of hydrogen-bond acceptors (Lipinski definition) is 13. The van der Waals surface area contributed by atoms with Gasteiger partial charge in [-0.25, -0.2) is 9.59 Å². The van der Waals surface area contributed by atoms with E-state index in [1.165, 1.54) is 74.0 Å². The molecule has 2 bridgehead atoms. The minimum Gasteiger partial charge on any atom is -0.493 e. The van der Waals surface area contributed by atoms with Gasteiger partial charge in [0.15, 0.2) is 41.5 Å². The maximum atomic E-state index is 13.2. The molecule has 13 heteroatoms. The van der Waals surface area contributed by atoms with Gasteiger partial charge in [-0.1, -0.05) is 0 Å². The number of benzene rings is 2. The highest BCUT2D eigenvalue weighted by Crippen LogP contribution is 2.41. The first-order valence-electron chi connectivity index (χ1n) is 12.2. The number of esters is 2. The first kappa shape index (κ1) is 29.1. The third-order valence-electron chi connectivity index (χ3n) is 6.56. The SMILES string of the molecule is COc1cc(C(=O)O[C@H]2[C@@H](OC)O[C@@H]3CO[C@H]2[C@@H]3OC(=O)c2cc(OC)c(OC)c(OC)c2)cc(OC)c1OC. The van der Waals surface area contributed by atoms with Gasteiger partial charge < -0.3 is 52.1 Å². The van der Waals surface area contributed by atoms with Crippen molar-refractivity contribution in [2.75, 3.05) is 56.4 Å². The number of carbonyl (C=O) groups excluding carboxylic acids is 2. The number of carbonyl (C=O) groups is 2. The van der Waals surface area contributed by atoms with Crippen LogP contribution < -0.4 is 28.4 Å². The molecule has 0 unspecified atom stereocenters. The molecule has 2 aliphatic heterocycles. The summed E-state index contributed by atoms with van der Waals surface area (Å²) in [6.45, 7) is 0.0932. The summed E-state index contributed by atoms with van der Waals surface area (Å²) in [4.78, 5) is 26.5. The monoisotopic (exact) mass is 564 g/mol. The van der Waals surface area contributed by atoms with Gasteiger partial charge in [-0.2, -0.15) is 0 Å². The summed E-state index contributed by atoms with van der Waals surface area (Å²) in [5, 5.41) is 0. The van der Waals surface area contributed by atoms with E-state index in [4.69, 9.17) is 52.1 Å². The fourth-order valence-corrected chi connectivity index (χ4v) is 4.65. The zero-order valence-electron chi connectivity index (χ0n) is 23.2. The molecule has 5 atom stereocenters. The fraction of sp³-hybridized carbons (Fsp3) is 0.481. The summed E-state index contributed by atoms with van der Waals surface area (Å²) in [5.74, 6) is 0.315. The van der Waals surface area contributed by atoms with Crippen LogP contribution in [0.3, 0.4) is 0 Å². The lowest BCUT2D eigenvalue weighted by atomic mass is 10.0. The Balaban J connectivity index is 1.57. The molecule has 218 valence electrons. The molecule has 2 fully saturated rings. The lowest BCUT2D eigenvalue weighted by Crippen LogP contribution is -2.56. The van der Waals surface area contributed by atoms with Crippen molar-refractivity contribution >= 4 is 11.9 Å². The van der Waals surface area contributed by atoms with Gasteiger partial charge in [0.2, 0.25) is 11.5 Å². The van der Waals surface area contributed by atoms with E-state index in [1.807, 2.05) is 0 Å². The van der Waals surface area contributed by atoms with Crippen molar-refractivity contribution in [3.8, 4) is 34.5 Å². The van der Waals surface area contributed by atoms with Gasteiger partial charge >= 0.3 is 11.9 Å². The standard InChI is InChI=1S/C27H32O13/c1-30-15-8-13(9-16(31-2)20(15)34-5)25(28)39-22-19-12-37-23(22)24(27(36-7)38-19)40-26(29)14-10-17(32-3)21(35-6)18(11-14)33-4/h8-11,19,22-24,27H,12H2,1-7H3/t19-,22-,23+,24-,27+/m1/s1. The second-order valence-corrected chi connectivity index (χ2v) is 8.64. The number of rotatable bonds is 11. The largest absolute Gasteiger partial charge is 0.493 e. The van der Waals surface area contributed by atoms with E-state index < -0.39 is 42.6 Å². The molecule has 2 heterocycles. The van der Waals surface area contributed by atoms with E-state index in [0.717, 1.165) is 0 Å². The first-order chi connectivity index (χ1) is 19.3. The van der Waals surface area contributed by atoms with Gasteiger partial charge in [0, 0.05) is 7.11 Å². The molecular formula is C27H32O13. The zero-order chi connectivity index (χ0) is 29.0. The fourth-order valence-electron chi connectivity index (χ4n) is 4.65. The molecule has 0 aliphatic carbocycles. The van der Waals surface area contributed by atoms with Gasteiger partial charge in [0.05, 0.1) is 60.4 Å². The van der Waals surface area contributed by atoms with Crippen LogP contribution in [-0.2, 0) is 23.7 Å². The van der Waals surface area contributed by atoms with E-state index in [2.05, 4.69) is 0 Å². The average Bonchev–Trinajstić information content (AvgIpc) is 3.27. The molecule has 2 aromatic carbocycles. The summed E-state index contributed by atoms with van der Waals surface area (Å²) >= 11 is 0. The Kier molecular flexibility index (Phi) is 9.07. The predicted molar refractivity (Wildman–Crippen MR) is 136 cm³/mol. The molecule has 2 aromatic rings. The molecule has 0 radical (unpaired) electrons. The Morgan fingerprint density at radius 2 is 1.07 bits per heavy atom. The molecule has 2 aliphatic rings. The van der Waals surface area contributed by atoms with Crippen molar-refractivity contribution < 1.29 is 61.7 Å². The molecule has 0 amide bonds. The van der Waals surface area contributed by atoms with E-state index in [9.17, 15) is 9.59 Å². The van der Waals surface area contributed by atoms with E-state index >= 15 is 0 Å². The molecule has 0 spiro atoms. The summed E-state index contributed by atoms with van der Waals surface area (Å²) in [7, 11) is 10.1. The normalized spacial score (nSPS) is 23.1. The molecule has 0 N–H and O–H groups in total. The third-order valence-corrected chi connectivity index (χ3v) is 6.56. The number of methoxy groups -OCH3 is 7. The smallest absolute Gasteiger partial charge is 0.338 e. The lowest BCUT2D eigenvalue weighted by Gasteiger charge is -2.38. The lowest BCUT2D eigenvalue weighted by molar-refractivity contribution is -0.252. The Morgan fingerprint density at radius 3 is 1.45 bits per heavy atom. The van der Waals surface area contributed by atoms with Gasteiger partial charge in [0.1, 0.15) is 12.2 Å². The van der Waals surface area contributed by atoms with Crippen LogP contribution in [0.25, 0.3) is 0 Å². The van der Waals surface area contributed by atoms with Crippen molar-refractivity contribution in [1.29, 1.82) is 0 Å². The molecule has 0 aromatic heterocycles. The van der Waals surface area contributed by atoms with Gasteiger partial charge in [-0.15, -0.1) is 0 Å². The van der Waals surface area contributed by atoms with Crippen LogP contribution in [0.1, 0.15) is 20.7 Å². The summed E-state index contributed by atoms with van der Waals surface area (Å²) < 4.78 is 60.8. The minimum atomic E-state index is -1.08. The second kappa shape index (κ2) is 12.5. The van der Waals surface area contributed by atoms with E-state index in [1.54, 1.807) is 0 Å². The van der Waals surface area contributed by atoms with Gasteiger partial charge in [-0.05, 0) is 24.3 Å². The molecule has 13 nitrogen and oxygen atoms in total. The highest BCUT2D eigenvalue weighted by atomic mass is 16.7. The van der Waals surface area contributed by atoms with Crippen molar-refractivity contribution in [2.24, 2.45) is 0 Å². The van der Waals surface area contributed by atoms with Crippen molar-refractivity contribution in [3.05, 3.63) is 35.4 Å². The van der Waals surface area contributed by atoms with Gasteiger partial charge in [-0.3, -0.25) is 0 Å². The van der Waals surface area contributed by atoms with E-state index in [-0.39, 0.29) is 40.7 Å². The van der Waals surface area contributed by atoms with Crippen LogP contribution in [0.2, 0.25) is 0 Å². The molecular weight excluding hydrogens is 532 g/mol. The quantitative estimate of drug-likeness (QED) is 0.370. The summed E-state index contributed by atoms with van der Waals surface area (Å²) in [5.41, 5.74) is 0.268. The van der Waals surface area contributed by atoms with Crippen LogP contribution in [-0.4, -0.2) is 99.0 Å². The summed E-state index contributed by atoms with van der Waals surface area (Å²) in [6, 6.07) is 5.84. The highest BCUT2D eigenvalue weighted by molar-refractivity contribution is 5.92. The maximum Gasteiger partial charge on any atom is 0.338 e. The van der Waals surface area contributed by atoms with Crippen LogP contribution >= 0.6 is 0 Å². The molecule has 2 saturated heterocycles. The van der Waals surface area contributed by atoms with Crippen molar-refractivity contribution in [3.63, 3.8) is 0 Å². The number of fused-ring (bicyclic) bond motifs is 2. The number of hydrogen-bond donors (Lipinski definition) is 0. The highest BCUT2D eigenvalue weighted by Gasteiger charge is 2.55.